The first-order valence-corrected chi connectivity index (χ1v) is 8.86. The van der Waals surface area contributed by atoms with Crippen LogP contribution in [0.3, 0.4) is 0 Å². The minimum atomic E-state index is -0.0193. The third-order valence-electron chi connectivity index (χ3n) is 3.91. The van der Waals surface area contributed by atoms with E-state index in [1.165, 1.54) is 0 Å². The molecule has 0 aromatic heterocycles. The maximum absolute atomic E-state index is 12.8. The fourth-order valence-electron chi connectivity index (χ4n) is 2.25. The van der Waals surface area contributed by atoms with Crippen LogP contribution in [0.1, 0.15) is 34.0 Å². The molecule has 0 heterocycles. The molecule has 2 aromatic carbocycles. The van der Waals surface area contributed by atoms with Crippen molar-refractivity contribution in [3.05, 3.63) is 62.1 Å². The van der Waals surface area contributed by atoms with Crippen molar-refractivity contribution in [1.29, 1.82) is 0 Å². The van der Waals surface area contributed by atoms with E-state index in [1.807, 2.05) is 31.9 Å². The minimum absolute atomic E-state index is 0.0193. The number of hydrogen-bond acceptors (Lipinski definition) is 2. The van der Waals surface area contributed by atoms with Crippen molar-refractivity contribution in [2.75, 3.05) is 13.6 Å². The summed E-state index contributed by atoms with van der Waals surface area (Å²) in [5.74, 6) is -0.0193. The molecule has 24 heavy (non-hydrogen) atoms. The molecule has 2 aromatic rings. The van der Waals surface area contributed by atoms with Crippen molar-refractivity contribution in [3.63, 3.8) is 0 Å². The van der Waals surface area contributed by atoms with Crippen LogP contribution in [0, 0.1) is 13.8 Å². The van der Waals surface area contributed by atoms with Gasteiger partial charge in [-0.2, -0.15) is 0 Å². The van der Waals surface area contributed by atoms with E-state index in [1.54, 1.807) is 30.6 Å². The van der Waals surface area contributed by atoms with Crippen LogP contribution < -0.4 is 0 Å². The predicted molar refractivity (Wildman–Crippen MR) is 105 cm³/mol. The summed E-state index contributed by atoms with van der Waals surface area (Å²) >= 11 is 9.50. The summed E-state index contributed by atoms with van der Waals surface area (Å²) in [7, 11) is 1.97. The second-order valence-corrected chi connectivity index (χ2v) is 6.91. The zero-order chi connectivity index (χ0) is 17.9. The molecule has 0 aliphatic rings. The van der Waals surface area contributed by atoms with Gasteiger partial charge in [0.1, 0.15) is 0 Å². The van der Waals surface area contributed by atoms with Gasteiger partial charge in [0.15, 0.2) is 5.78 Å². The maximum atomic E-state index is 12.8. The molecule has 3 nitrogen and oxygen atoms in total. The zero-order valence-corrected chi connectivity index (χ0v) is 16.6. The lowest BCUT2D eigenvalue weighted by atomic mass is 9.96. The van der Waals surface area contributed by atoms with Crippen LogP contribution >= 0.6 is 27.5 Å². The Morgan fingerprint density at radius 1 is 1.29 bits per heavy atom. The summed E-state index contributed by atoms with van der Waals surface area (Å²) in [6.07, 6.45) is 1.80. The number of ketones is 1. The molecule has 0 saturated carbocycles. The number of halogens is 2. The van der Waals surface area contributed by atoms with Crippen LogP contribution in [0.2, 0.25) is 5.02 Å². The first-order valence-electron chi connectivity index (χ1n) is 7.69. The molecule has 0 bridgehead atoms. The highest BCUT2D eigenvalue weighted by atomic mass is 79.9. The van der Waals surface area contributed by atoms with Crippen molar-refractivity contribution in [2.45, 2.75) is 20.8 Å². The summed E-state index contributed by atoms with van der Waals surface area (Å²) in [6.45, 7) is 6.83. The number of benzene rings is 2. The molecule has 0 radical (unpaired) electrons. The molecule has 0 saturated heterocycles. The van der Waals surface area contributed by atoms with Gasteiger partial charge in [-0.05, 0) is 78.2 Å². The van der Waals surface area contributed by atoms with Gasteiger partial charge >= 0.3 is 0 Å². The van der Waals surface area contributed by atoms with E-state index < -0.39 is 0 Å². The van der Waals surface area contributed by atoms with Gasteiger partial charge in [-0.25, -0.2) is 4.99 Å². The fraction of sp³-hybridized carbons (Fsp3) is 0.263. The highest BCUT2D eigenvalue weighted by Crippen LogP contribution is 2.35. The van der Waals surface area contributed by atoms with Crippen LogP contribution in [-0.4, -0.2) is 30.6 Å². The Morgan fingerprint density at radius 3 is 2.50 bits per heavy atom. The molecule has 0 fully saturated rings. The van der Waals surface area contributed by atoms with Crippen molar-refractivity contribution in [2.24, 2.45) is 4.99 Å². The monoisotopic (exact) mass is 406 g/mol. The summed E-state index contributed by atoms with van der Waals surface area (Å²) in [5, 5.41) is 0.616. The Morgan fingerprint density at radius 2 is 1.92 bits per heavy atom. The Kier molecular flexibility index (Phi) is 6.19. The van der Waals surface area contributed by atoms with E-state index in [2.05, 4.69) is 27.8 Å². The van der Waals surface area contributed by atoms with Crippen LogP contribution in [-0.2, 0) is 0 Å². The van der Waals surface area contributed by atoms with E-state index in [0.29, 0.717) is 16.1 Å². The van der Waals surface area contributed by atoms with E-state index in [4.69, 9.17) is 11.6 Å². The topological polar surface area (TPSA) is 32.7 Å². The molecule has 0 amide bonds. The zero-order valence-electron chi connectivity index (χ0n) is 14.2. The minimum Gasteiger partial charge on any atom is -0.366 e. The van der Waals surface area contributed by atoms with Crippen molar-refractivity contribution in [3.8, 4) is 0 Å². The van der Waals surface area contributed by atoms with Crippen LogP contribution in [0.5, 0.6) is 0 Å². The van der Waals surface area contributed by atoms with E-state index in [-0.39, 0.29) is 5.78 Å². The number of carbonyl (C=O) groups excluding carboxylic acids is 1. The highest BCUT2D eigenvalue weighted by molar-refractivity contribution is 9.10. The molecular formula is C19H20BrClN2O. The molecule has 2 rings (SSSR count). The van der Waals surface area contributed by atoms with Gasteiger partial charge in [0.05, 0.1) is 12.0 Å². The van der Waals surface area contributed by atoms with Crippen molar-refractivity contribution < 1.29 is 4.79 Å². The lowest BCUT2D eigenvalue weighted by Crippen LogP contribution is -2.14. The lowest BCUT2D eigenvalue weighted by molar-refractivity contribution is 0.103. The number of rotatable bonds is 5. The molecule has 0 aliphatic carbocycles. The smallest absolute Gasteiger partial charge is 0.193 e. The third-order valence-corrected chi connectivity index (χ3v) is 5.13. The molecular weight excluding hydrogens is 388 g/mol. The largest absolute Gasteiger partial charge is 0.366 e. The number of hydrogen-bond donors (Lipinski definition) is 0. The van der Waals surface area contributed by atoms with E-state index in [9.17, 15) is 4.79 Å². The van der Waals surface area contributed by atoms with Crippen LogP contribution in [0.4, 0.5) is 5.69 Å². The van der Waals surface area contributed by atoms with Crippen molar-refractivity contribution >= 4 is 45.3 Å². The number of nitrogens with zero attached hydrogens (tertiary/aromatic N) is 2. The summed E-state index contributed by atoms with van der Waals surface area (Å²) in [5.41, 5.74) is 3.97. The van der Waals surface area contributed by atoms with Crippen molar-refractivity contribution in [1.82, 2.24) is 4.90 Å². The second kappa shape index (κ2) is 7.95. The predicted octanol–water partition coefficient (Wildman–Crippen LogP) is 5.56. The number of aryl methyl sites for hydroxylation is 1. The quantitative estimate of drug-likeness (QED) is 0.369. The normalized spacial score (nSPS) is 11.1. The lowest BCUT2D eigenvalue weighted by Gasteiger charge is -2.14. The standard InChI is InChI=1S/C19H20BrClN2O/c1-5-23(4)11-22-18-12(2)10-16(13(3)17(18)20)19(24)14-6-8-15(21)9-7-14/h6-11H,5H2,1-4H3. The summed E-state index contributed by atoms with van der Waals surface area (Å²) < 4.78 is 0.848. The molecule has 126 valence electrons. The van der Waals surface area contributed by atoms with Crippen LogP contribution in [0.25, 0.3) is 0 Å². The number of carbonyl (C=O) groups is 1. The molecule has 0 atom stereocenters. The Balaban J connectivity index is 2.45. The van der Waals surface area contributed by atoms with Gasteiger partial charge in [0.25, 0.3) is 0 Å². The second-order valence-electron chi connectivity index (χ2n) is 5.68. The molecule has 0 unspecified atom stereocenters. The first kappa shape index (κ1) is 18.7. The first-order chi connectivity index (χ1) is 11.3. The third kappa shape index (κ3) is 4.05. The Hall–Kier alpha value is -1.65. The highest BCUT2D eigenvalue weighted by Gasteiger charge is 2.17. The molecule has 0 N–H and O–H groups in total. The average Bonchev–Trinajstić information content (AvgIpc) is 2.57. The van der Waals surface area contributed by atoms with E-state index >= 15 is 0 Å². The fourth-order valence-corrected chi connectivity index (χ4v) is 3.01. The summed E-state index contributed by atoms with van der Waals surface area (Å²) in [4.78, 5) is 19.3. The van der Waals surface area contributed by atoms with E-state index in [0.717, 1.165) is 27.8 Å². The summed E-state index contributed by atoms with van der Waals surface area (Å²) in [6, 6.07) is 8.84. The molecule has 0 spiro atoms. The van der Waals surface area contributed by atoms with Gasteiger partial charge in [-0.3, -0.25) is 4.79 Å². The maximum Gasteiger partial charge on any atom is 0.193 e. The van der Waals surface area contributed by atoms with Gasteiger partial charge in [0.2, 0.25) is 0 Å². The van der Waals surface area contributed by atoms with Gasteiger partial charge < -0.3 is 4.90 Å². The van der Waals surface area contributed by atoms with Gasteiger partial charge in [-0.1, -0.05) is 11.6 Å². The SMILES string of the molecule is CCN(C)C=Nc1c(C)cc(C(=O)c2ccc(Cl)cc2)c(C)c1Br. The van der Waals surface area contributed by atoms with Gasteiger partial charge in [-0.15, -0.1) is 0 Å². The number of aliphatic imine (C=N–C) groups is 1. The molecule has 0 aliphatic heterocycles. The Bertz CT molecular complexity index is 785. The van der Waals surface area contributed by atoms with Crippen LogP contribution in [0.15, 0.2) is 39.8 Å². The molecule has 5 heteroatoms. The Labute approximate surface area is 156 Å². The van der Waals surface area contributed by atoms with Gasteiger partial charge in [0, 0.05) is 34.2 Å². The average molecular weight is 408 g/mol.